The molecule has 1 fully saturated rings. The van der Waals surface area contributed by atoms with Gasteiger partial charge in [-0.25, -0.2) is 0 Å². The fraction of sp³-hybridized carbons (Fsp3) is 0.538. The standard InChI is InChI=1S/C13H18N2O2/c16-12-6-5-11(15-9-12)7-8-14-13(17)10-3-1-2-4-10/h5-6,9-10,16H,1-4,7-8H2,(H,14,17). The van der Waals surface area contributed by atoms with E-state index in [4.69, 9.17) is 5.11 Å². The minimum Gasteiger partial charge on any atom is -0.506 e. The maximum Gasteiger partial charge on any atom is 0.223 e. The van der Waals surface area contributed by atoms with Crippen molar-refractivity contribution in [3.63, 3.8) is 0 Å². The molecule has 17 heavy (non-hydrogen) atoms. The molecule has 1 aliphatic rings. The molecule has 1 aliphatic carbocycles. The Morgan fingerprint density at radius 2 is 2.18 bits per heavy atom. The molecular formula is C13H18N2O2. The number of carbonyl (C=O) groups is 1. The Labute approximate surface area is 101 Å². The van der Waals surface area contributed by atoms with Gasteiger partial charge in [0.05, 0.1) is 6.20 Å². The van der Waals surface area contributed by atoms with Gasteiger partial charge >= 0.3 is 0 Å². The van der Waals surface area contributed by atoms with Crippen molar-refractivity contribution in [1.82, 2.24) is 10.3 Å². The average Bonchev–Trinajstić information content (AvgIpc) is 2.85. The van der Waals surface area contributed by atoms with E-state index in [1.807, 2.05) is 0 Å². The van der Waals surface area contributed by atoms with Crippen molar-refractivity contribution in [2.24, 2.45) is 5.92 Å². The number of carbonyl (C=O) groups excluding carboxylic acids is 1. The van der Waals surface area contributed by atoms with Gasteiger partial charge in [0.25, 0.3) is 0 Å². The highest BCUT2D eigenvalue weighted by Crippen LogP contribution is 2.24. The molecule has 2 N–H and O–H groups in total. The topological polar surface area (TPSA) is 62.2 Å². The molecule has 0 unspecified atom stereocenters. The second-order valence-corrected chi connectivity index (χ2v) is 4.53. The number of pyridine rings is 1. The minimum atomic E-state index is 0.170. The van der Waals surface area contributed by atoms with Gasteiger partial charge in [-0.1, -0.05) is 12.8 Å². The molecule has 1 saturated carbocycles. The summed E-state index contributed by atoms with van der Waals surface area (Å²) in [6, 6.07) is 3.39. The average molecular weight is 234 g/mol. The van der Waals surface area contributed by atoms with Crippen LogP contribution < -0.4 is 5.32 Å². The number of aromatic hydroxyl groups is 1. The molecule has 1 heterocycles. The van der Waals surface area contributed by atoms with Crippen LogP contribution in [0, 0.1) is 5.92 Å². The Morgan fingerprint density at radius 3 is 2.82 bits per heavy atom. The molecule has 0 saturated heterocycles. The van der Waals surface area contributed by atoms with Gasteiger partial charge in [-0.15, -0.1) is 0 Å². The third-order valence-corrected chi connectivity index (χ3v) is 3.22. The van der Waals surface area contributed by atoms with Crippen molar-refractivity contribution in [3.8, 4) is 5.75 Å². The zero-order chi connectivity index (χ0) is 12.1. The molecule has 0 radical (unpaired) electrons. The maximum atomic E-state index is 11.7. The van der Waals surface area contributed by atoms with Crippen molar-refractivity contribution in [3.05, 3.63) is 24.0 Å². The van der Waals surface area contributed by atoms with Gasteiger partial charge in [-0.3, -0.25) is 9.78 Å². The quantitative estimate of drug-likeness (QED) is 0.832. The van der Waals surface area contributed by atoms with Crippen molar-refractivity contribution in [2.45, 2.75) is 32.1 Å². The third-order valence-electron chi connectivity index (χ3n) is 3.22. The smallest absolute Gasteiger partial charge is 0.223 e. The number of nitrogens with one attached hydrogen (secondary N) is 1. The zero-order valence-corrected chi connectivity index (χ0v) is 9.85. The van der Waals surface area contributed by atoms with Gasteiger partial charge in [-0.2, -0.15) is 0 Å². The summed E-state index contributed by atoms with van der Waals surface area (Å²) in [5.74, 6) is 0.577. The molecule has 0 spiro atoms. The van der Waals surface area contributed by atoms with Gasteiger partial charge in [0.2, 0.25) is 5.91 Å². The SMILES string of the molecule is O=C(NCCc1ccc(O)cn1)C1CCCC1. The summed E-state index contributed by atoms with van der Waals surface area (Å²) in [4.78, 5) is 15.8. The van der Waals surface area contributed by atoms with Crippen molar-refractivity contribution in [2.75, 3.05) is 6.54 Å². The van der Waals surface area contributed by atoms with E-state index in [0.29, 0.717) is 13.0 Å². The number of hydrogen-bond donors (Lipinski definition) is 2. The van der Waals surface area contributed by atoms with E-state index in [1.165, 1.54) is 19.0 Å². The van der Waals surface area contributed by atoms with E-state index < -0.39 is 0 Å². The van der Waals surface area contributed by atoms with Crippen LogP contribution in [-0.4, -0.2) is 22.5 Å². The Kier molecular flexibility index (Phi) is 3.96. The first kappa shape index (κ1) is 11.9. The van der Waals surface area contributed by atoms with Gasteiger partial charge in [0, 0.05) is 24.6 Å². The zero-order valence-electron chi connectivity index (χ0n) is 9.85. The highest BCUT2D eigenvalue weighted by molar-refractivity contribution is 5.78. The number of aromatic nitrogens is 1. The van der Waals surface area contributed by atoms with Crippen LogP contribution in [0.15, 0.2) is 18.3 Å². The molecule has 0 aromatic carbocycles. The van der Waals surface area contributed by atoms with E-state index in [9.17, 15) is 4.79 Å². The van der Waals surface area contributed by atoms with Crippen molar-refractivity contribution < 1.29 is 9.90 Å². The first-order chi connectivity index (χ1) is 8.25. The Hall–Kier alpha value is -1.58. The van der Waals surface area contributed by atoms with Crippen LogP contribution in [0.5, 0.6) is 5.75 Å². The van der Waals surface area contributed by atoms with Crippen LogP contribution in [0.3, 0.4) is 0 Å². The first-order valence-electron chi connectivity index (χ1n) is 6.17. The fourth-order valence-electron chi connectivity index (χ4n) is 2.21. The lowest BCUT2D eigenvalue weighted by Crippen LogP contribution is -2.31. The predicted molar refractivity (Wildman–Crippen MR) is 64.6 cm³/mol. The van der Waals surface area contributed by atoms with Gasteiger partial charge in [-0.05, 0) is 25.0 Å². The predicted octanol–water partition coefficient (Wildman–Crippen LogP) is 1.64. The second kappa shape index (κ2) is 5.66. The van der Waals surface area contributed by atoms with Crippen LogP contribution >= 0.6 is 0 Å². The van der Waals surface area contributed by atoms with Crippen LogP contribution in [0.25, 0.3) is 0 Å². The number of nitrogens with zero attached hydrogens (tertiary/aromatic N) is 1. The van der Waals surface area contributed by atoms with Crippen LogP contribution in [0.2, 0.25) is 0 Å². The molecule has 4 heteroatoms. The van der Waals surface area contributed by atoms with Gasteiger partial charge in [0.1, 0.15) is 5.75 Å². The van der Waals surface area contributed by atoms with Crippen LogP contribution in [0.4, 0.5) is 0 Å². The lowest BCUT2D eigenvalue weighted by Gasteiger charge is -2.09. The van der Waals surface area contributed by atoms with E-state index in [2.05, 4.69) is 10.3 Å². The molecule has 0 bridgehead atoms. The summed E-state index contributed by atoms with van der Waals surface area (Å²) in [5, 5.41) is 12.0. The molecule has 2 rings (SSSR count). The molecule has 1 aromatic rings. The normalized spacial score (nSPS) is 16.0. The molecule has 1 amide bonds. The minimum absolute atomic E-state index is 0.170. The summed E-state index contributed by atoms with van der Waals surface area (Å²) in [5.41, 5.74) is 0.884. The Bertz CT molecular complexity index is 370. The third kappa shape index (κ3) is 3.44. The molecule has 0 atom stereocenters. The molecule has 4 nitrogen and oxygen atoms in total. The number of rotatable bonds is 4. The molecule has 1 aromatic heterocycles. The largest absolute Gasteiger partial charge is 0.506 e. The van der Waals surface area contributed by atoms with Gasteiger partial charge < -0.3 is 10.4 Å². The monoisotopic (exact) mass is 234 g/mol. The summed E-state index contributed by atoms with van der Waals surface area (Å²) in [7, 11) is 0. The van der Waals surface area contributed by atoms with Crippen LogP contribution in [-0.2, 0) is 11.2 Å². The van der Waals surface area contributed by atoms with Crippen molar-refractivity contribution in [1.29, 1.82) is 0 Å². The summed E-state index contributed by atoms with van der Waals surface area (Å²) in [6.45, 7) is 0.618. The highest BCUT2D eigenvalue weighted by Gasteiger charge is 2.21. The maximum absolute atomic E-state index is 11.7. The summed E-state index contributed by atoms with van der Waals surface area (Å²) in [6.07, 6.45) is 6.55. The summed E-state index contributed by atoms with van der Waals surface area (Å²) >= 11 is 0. The lowest BCUT2D eigenvalue weighted by molar-refractivity contribution is -0.124. The molecule has 0 aliphatic heterocycles. The van der Waals surface area contributed by atoms with E-state index in [1.54, 1.807) is 12.1 Å². The fourth-order valence-corrected chi connectivity index (χ4v) is 2.21. The first-order valence-corrected chi connectivity index (χ1v) is 6.17. The lowest BCUT2D eigenvalue weighted by atomic mass is 10.1. The van der Waals surface area contributed by atoms with Crippen molar-refractivity contribution >= 4 is 5.91 Å². The molecular weight excluding hydrogens is 216 g/mol. The van der Waals surface area contributed by atoms with E-state index in [-0.39, 0.29) is 17.6 Å². The van der Waals surface area contributed by atoms with Gasteiger partial charge in [0.15, 0.2) is 0 Å². The van der Waals surface area contributed by atoms with E-state index in [0.717, 1.165) is 18.5 Å². The highest BCUT2D eigenvalue weighted by atomic mass is 16.3. The number of hydrogen-bond acceptors (Lipinski definition) is 3. The van der Waals surface area contributed by atoms with E-state index >= 15 is 0 Å². The molecule has 92 valence electrons. The number of amides is 1. The Morgan fingerprint density at radius 1 is 1.41 bits per heavy atom. The Balaban J connectivity index is 1.72. The summed E-state index contributed by atoms with van der Waals surface area (Å²) < 4.78 is 0. The second-order valence-electron chi connectivity index (χ2n) is 4.53. The van der Waals surface area contributed by atoms with Crippen LogP contribution in [0.1, 0.15) is 31.4 Å².